The van der Waals surface area contributed by atoms with E-state index in [0.29, 0.717) is 18.7 Å². The number of aryl methyl sites for hydroxylation is 1. The molecule has 9 heteroatoms. The number of carbonyl (C=O) groups excluding carboxylic acids is 1. The lowest BCUT2D eigenvalue weighted by Gasteiger charge is -2.04. The fraction of sp³-hybridized carbons (Fsp3) is 0.200. The van der Waals surface area contributed by atoms with Gasteiger partial charge in [0.15, 0.2) is 4.96 Å². The molecule has 1 amide bonds. The van der Waals surface area contributed by atoms with Crippen molar-refractivity contribution < 1.29 is 13.2 Å². The number of fused-ring (bicyclic) bond motifs is 1. The number of rotatable bonds is 5. The van der Waals surface area contributed by atoms with Gasteiger partial charge < -0.3 is 5.32 Å². The maximum atomic E-state index is 12.1. The number of sulfonamides is 1. The zero-order valence-corrected chi connectivity index (χ0v) is 14.5. The zero-order valence-electron chi connectivity index (χ0n) is 12.9. The van der Waals surface area contributed by atoms with E-state index in [1.165, 1.54) is 23.5 Å². The van der Waals surface area contributed by atoms with Gasteiger partial charge in [0.1, 0.15) is 5.69 Å². The number of imidazole rings is 1. The summed E-state index contributed by atoms with van der Waals surface area (Å²) < 4.78 is 24.2. The molecule has 0 unspecified atom stereocenters. The van der Waals surface area contributed by atoms with Gasteiger partial charge in [-0.2, -0.15) is 0 Å². The normalized spacial score (nSPS) is 11.8. The molecule has 2 aromatic heterocycles. The molecule has 3 rings (SSSR count). The van der Waals surface area contributed by atoms with Crippen molar-refractivity contribution in [1.82, 2.24) is 14.7 Å². The number of thiazole rings is 1. The predicted octanol–water partition coefficient (Wildman–Crippen LogP) is 1.32. The quantitative estimate of drug-likeness (QED) is 0.712. The van der Waals surface area contributed by atoms with Crippen molar-refractivity contribution in [2.45, 2.75) is 18.2 Å². The number of hydrogen-bond acceptors (Lipinski definition) is 5. The van der Waals surface area contributed by atoms with E-state index in [-0.39, 0.29) is 10.8 Å². The number of nitrogens with one attached hydrogen (secondary N) is 1. The van der Waals surface area contributed by atoms with E-state index < -0.39 is 10.0 Å². The number of amides is 1. The first-order valence-electron chi connectivity index (χ1n) is 7.18. The number of nitrogens with zero attached hydrogens (tertiary/aromatic N) is 2. The van der Waals surface area contributed by atoms with Crippen molar-refractivity contribution in [1.29, 1.82) is 0 Å². The topological polar surface area (TPSA) is 107 Å². The Morgan fingerprint density at radius 2 is 2.00 bits per heavy atom. The van der Waals surface area contributed by atoms with Crippen molar-refractivity contribution in [3.05, 3.63) is 52.8 Å². The average molecular weight is 364 g/mol. The third-order valence-electron chi connectivity index (χ3n) is 3.46. The molecule has 126 valence electrons. The second kappa shape index (κ2) is 6.34. The van der Waals surface area contributed by atoms with E-state index in [0.717, 1.165) is 15.4 Å². The van der Waals surface area contributed by atoms with Gasteiger partial charge in [-0.3, -0.25) is 9.20 Å². The molecule has 2 heterocycles. The number of primary sulfonamides is 1. The molecule has 0 aliphatic carbocycles. The molecular weight excluding hydrogens is 348 g/mol. The third kappa shape index (κ3) is 3.64. The van der Waals surface area contributed by atoms with Crippen LogP contribution in [-0.4, -0.2) is 30.3 Å². The standard InChI is InChI=1S/C15H16N4O3S2/c1-10-8-19-9-13(18-15(19)23-10)14(20)17-7-6-11-2-4-12(5-3-11)24(16,21)22/h2-5,8-9H,6-7H2,1H3,(H,17,20)(H2,16,21,22). The largest absolute Gasteiger partial charge is 0.350 e. The van der Waals surface area contributed by atoms with Crippen molar-refractivity contribution >= 4 is 32.2 Å². The number of aromatic nitrogens is 2. The monoisotopic (exact) mass is 364 g/mol. The van der Waals surface area contributed by atoms with Crippen LogP contribution in [0.25, 0.3) is 4.96 Å². The summed E-state index contributed by atoms with van der Waals surface area (Å²) in [6.45, 7) is 2.41. The van der Waals surface area contributed by atoms with Crippen LogP contribution in [0.1, 0.15) is 20.9 Å². The lowest BCUT2D eigenvalue weighted by Crippen LogP contribution is -2.26. The Hall–Kier alpha value is -2.23. The first kappa shape index (κ1) is 16.6. The van der Waals surface area contributed by atoms with Gasteiger partial charge in [0.05, 0.1) is 4.90 Å². The number of carbonyl (C=O) groups is 1. The summed E-state index contributed by atoms with van der Waals surface area (Å²) >= 11 is 1.53. The summed E-state index contributed by atoms with van der Waals surface area (Å²) in [6.07, 6.45) is 4.21. The fourth-order valence-corrected chi connectivity index (χ4v) is 3.60. The molecule has 0 spiro atoms. The van der Waals surface area contributed by atoms with Crippen LogP contribution in [-0.2, 0) is 16.4 Å². The SMILES string of the molecule is Cc1cn2cc(C(=O)NCCc3ccc(S(N)(=O)=O)cc3)nc2s1. The molecule has 24 heavy (non-hydrogen) atoms. The molecule has 7 nitrogen and oxygen atoms in total. The van der Waals surface area contributed by atoms with Gasteiger partial charge in [0.25, 0.3) is 5.91 Å². The third-order valence-corrected chi connectivity index (χ3v) is 5.30. The molecule has 0 aliphatic heterocycles. The first-order valence-corrected chi connectivity index (χ1v) is 9.54. The summed E-state index contributed by atoms with van der Waals surface area (Å²) in [6, 6.07) is 6.28. The summed E-state index contributed by atoms with van der Waals surface area (Å²) in [7, 11) is -3.68. The Morgan fingerprint density at radius 3 is 2.62 bits per heavy atom. The molecule has 1 aromatic carbocycles. The van der Waals surface area contributed by atoms with Crippen LogP contribution in [0, 0.1) is 6.92 Å². The smallest absolute Gasteiger partial charge is 0.271 e. The van der Waals surface area contributed by atoms with Gasteiger partial charge in [-0.1, -0.05) is 12.1 Å². The van der Waals surface area contributed by atoms with E-state index in [1.807, 2.05) is 17.5 Å². The second-order valence-corrected chi connectivity index (χ2v) is 8.13. The maximum Gasteiger partial charge on any atom is 0.271 e. The van der Waals surface area contributed by atoms with Crippen LogP contribution in [0.3, 0.4) is 0 Å². The van der Waals surface area contributed by atoms with E-state index >= 15 is 0 Å². The van der Waals surface area contributed by atoms with Gasteiger partial charge in [0, 0.05) is 23.8 Å². The van der Waals surface area contributed by atoms with Crippen molar-refractivity contribution in [2.75, 3.05) is 6.54 Å². The highest BCUT2D eigenvalue weighted by Gasteiger charge is 2.12. The van der Waals surface area contributed by atoms with E-state index in [9.17, 15) is 13.2 Å². The Bertz CT molecular complexity index is 956. The van der Waals surface area contributed by atoms with Crippen molar-refractivity contribution in [3.8, 4) is 0 Å². The zero-order chi connectivity index (χ0) is 17.3. The van der Waals surface area contributed by atoms with Crippen LogP contribution in [0.4, 0.5) is 0 Å². The molecule has 0 aliphatic rings. The van der Waals surface area contributed by atoms with Crippen LogP contribution >= 0.6 is 11.3 Å². The Kier molecular flexibility index (Phi) is 4.39. The molecule has 0 saturated heterocycles. The van der Waals surface area contributed by atoms with Crippen LogP contribution in [0.15, 0.2) is 41.6 Å². The summed E-state index contributed by atoms with van der Waals surface area (Å²) in [5.74, 6) is -0.232. The minimum atomic E-state index is -3.68. The molecule has 0 radical (unpaired) electrons. The Labute approximate surface area is 143 Å². The summed E-state index contributed by atoms with van der Waals surface area (Å²) in [5, 5.41) is 7.86. The van der Waals surface area contributed by atoms with Gasteiger partial charge in [-0.15, -0.1) is 11.3 Å². The highest BCUT2D eigenvalue weighted by atomic mass is 32.2. The maximum absolute atomic E-state index is 12.1. The van der Waals surface area contributed by atoms with Crippen LogP contribution in [0.5, 0.6) is 0 Å². The Morgan fingerprint density at radius 1 is 1.29 bits per heavy atom. The van der Waals surface area contributed by atoms with Gasteiger partial charge >= 0.3 is 0 Å². The molecule has 3 N–H and O–H groups in total. The predicted molar refractivity (Wildman–Crippen MR) is 91.7 cm³/mol. The van der Waals surface area contributed by atoms with Crippen molar-refractivity contribution in [2.24, 2.45) is 5.14 Å². The Balaban J connectivity index is 1.57. The van der Waals surface area contributed by atoms with Gasteiger partial charge in [0.2, 0.25) is 10.0 Å². The molecular formula is C15H16N4O3S2. The minimum absolute atomic E-state index is 0.0728. The summed E-state index contributed by atoms with van der Waals surface area (Å²) in [4.78, 5) is 18.4. The fourth-order valence-electron chi connectivity index (χ4n) is 2.28. The first-order chi connectivity index (χ1) is 11.3. The molecule has 0 fully saturated rings. The minimum Gasteiger partial charge on any atom is -0.350 e. The highest BCUT2D eigenvalue weighted by Crippen LogP contribution is 2.16. The summed E-state index contributed by atoms with van der Waals surface area (Å²) in [5.41, 5.74) is 1.29. The second-order valence-electron chi connectivity index (χ2n) is 5.35. The molecule has 3 aromatic rings. The molecule has 0 atom stereocenters. The molecule has 0 bridgehead atoms. The van der Waals surface area contributed by atoms with Crippen LogP contribution < -0.4 is 10.5 Å². The number of nitrogens with two attached hydrogens (primary N) is 1. The highest BCUT2D eigenvalue weighted by molar-refractivity contribution is 7.89. The van der Waals surface area contributed by atoms with E-state index in [2.05, 4.69) is 10.3 Å². The number of benzene rings is 1. The van der Waals surface area contributed by atoms with E-state index in [1.54, 1.807) is 18.3 Å². The van der Waals surface area contributed by atoms with Gasteiger partial charge in [-0.25, -0.2) is 18.5 Å². The van der Waals surface area contributed by atoms with Crippen molar-refractivity contribution in [3.63, 3.8) is 0 Å². The van der Waals surface area contributed by atoms with E-state index in [4.69, 9.17) is 5.14 Å². The van der Waals surface area contributed by atoms with Crippen LogP contribution in [0.2, 0.25) is 0 Å². The lowest BCUT2D eigenvalue weighted by atomic mass is 10.1. The molecule has 0 saturated carbocycles. The average Bonchev–Trinajstić information content (AvgIpc) is 3.04. The lowest BCUT2D eigenvalue weighted by molar-refractivity contribution is 0.0950. The van der Waals surface area contributed by atoms with Gasteiger partial charge in [-0.05, 0) is 31.0 Å². The number of hydrogen-bond donors (Lipinski definition) is 2.